The van der Waals surface area contributed by atoms with Gasteiger partial charge in [0.1, 0.15) is 11.8 Å². The first-order valence-corrected chi connectivity index (χ1v) is 4.54. The van der Waals surface area contributed by atoms with Crippen LogP contribution < -0.4 is 0 Å². The maximum atomic E-state index is 10.9. The van der Waals surface area contributed by atoms with Crippen molar-refractivity contribution in [3.8, 4) is 6.07 Å². The van der Waals surface area contributed by atoms with Crippen LogP contribution in [-0.2, 0) is 11.2 Å². The lowest BCUT2D eigenvalue weighted by Crippen LogP contribution is -2.26. The molecular formula is C11H12N2O2. The molecule has 78 valence electrons. The molecule has 4 nitrogen and oxygen atoms in total. The number of carbonyl (C=O) groups is 1. The van der Waals surface area contributed by atoms with Crippen molar-refractivity contribution in [1.29, 1.82) is 5.26 Å². The second-order valence-corrected chi connectivity index (χ2v) is 4.03. The molecule has 0 saturated heterocycles. The highest BCUT2D eigenvalue weighted by Gasteiger charge is 2.27. The summed E-state index contributed by atoms with van der Waals surface area (Å²) in [6.07, 6.45) is 1.91. The lowest BCUT2D eigenvalue weighted by atomic mass is 9.86. The van der Waals surface area contributed by atoms with Crippen LogP contribution in [0.4, 0.5) is 0 Å². The fraction of sp³-hybridized carbons (Fsp3) is 0.364. The molecule has 0 amide bonds. The van der Waals surface area contributed by atoms with Crippen molar-refractivity contribution in [2.45, 2.75) is 20.3 Å². The van der Waals surface area contributed by atoms with Crippen LogP contribution in [0.25, 0.3) is 0 Å². The Labute approximate surface area is 88.2 Å². The molecule has 1 N–H and O–H groups in total. The molecule has 0 fully saturated rings. The van der Waals surface area contributed by atoms with Crippen LogP contribution in [-0.4, -0.2) is 16.1 Å². The Balaban J connectivity index is 2.91. The van der Waals surface area contributed by atoms with Crippen LogP contribution in [0.5, 0.6) is 0 Å². The lowest BCUT2D eigenvalue weighted by Gasteiger charge is -2.18. The van der Waals surface area contributed by atoms with E-state index in [1.165, 1.54) is 6.20 Å². The van der Waals surface area contributed by atoms with Crippen LogP contribution in [0.1, 0.15) is 25.1 Å². The molecule has 4 heteroatoms. The summed E-state index contributed by atoms with van der Waals surface area (Å²) in [7, 11) is 0. The molecule has 1 rings (SSSR count). The average Bonchev–Trinajstić information content (AvgIpc) is 2.17. The van der Waals surface area contributed by atoms with E-state index in [4.69, 9.17) is 10.4 Å². The van der Waals surface area contributed by atoms with Crippen LogP contribution in [0.3, 0.4) is 0 Å². The Kier molecular flexibility index (Phi) is 3.05. The van der Waals surface area contributed by atoms with Crippen LogP contribution >= 0.6 is 0 Å². The largest absolute Gasteiger partial charge is 0.481 e. The smallest absolute Gasteiger partial charge is 0.309 e. The highest BCUT2D eigenvalue weighted by Crippen LogP contribution is 2.21. The van der Waals surface area contributed by atoms with Gasteiger partial charge in [0.2, 0.25) is 0 Å². The molecule has 0 radical (unpaired) electrons. The van der Waals surface area contributed by atoms with Gasteiger partial charge in [0.25, 0.3) is 0 Å². The number of hydrogen-bond acceptors (Lipinski definition) is 3. The number of nitriles is 1. The third kappa shape index (κ3) is 2.78. The summed E-state index contributed by atoms with van der Waals surface area (Å²) in [5, 5.41) is 17.6. The molecule has 0 spiro atoms. The molecule has 0 aliphatic rings. The van der Waals surface area contributed by atoms with Crippen molar-refractivity contribution in [2.24, 2.45) is 5.41 Å². The van der Waals surface area contributed by atoms with Gasteiger partial charge >= 0.3 is 5.97 Å². The fourth-order valence-electron chi connectivity index (χ4n) is 1.23. The van der Waals surface area contributed by atoms with Gasteiger partial charge in [-0.05, 0) is 38.0 Å². The summed E-state index contributed by atoms with van der Waals surface area (Å²) in [4.78, 5) is 14.7. The number of rotatable bonds is 3. The molecular weight excluding hydrogens is 192 g/mol. The van der Waals surface area contributed by atoms with Crippen molar-refractivity contribution in [3.05, 3.63) is 29.6 Å². The first-order chi connectivity index (χ1) is 6.95. The Morgan fingerprint density at radius 1 is 1.67 bits per heavy atom. The van der Waals surface area contributed by atoms with E-state index in [9.17, 15) is 4.79 Å². The first-order valence-electron chi connectivity index (χ1n) is 4.54. The van der Waals surface area contributed by atoms with E-state index < -0.39 is 11.4 Å². The normalized spacial score (nSPS) is 10.7. The molecule has 0 aliphatic carbocycles. The van der Waals surface area contributed by atoms with E-state index in [-0.39, 0.29) is 0 Å². The Morgan fingerprint density at radius 3 is 2.87 bits per heavy atom. The van der Waals surface area contributed by atoms with Gasteiger partial charge in [0.05, 0.1) is 5.41 Å². The summed E-state index contributed by atoms with van der Waals surface area (Å²) >= 11 is 0. The molecule has 0 aromatic carbocycles. The summed E-state index contributed by atoms with van der Waals surface area (Å²) in [5.41, 5.74) is 0.302. The second kappa shape index (κ2) is 4.09. The monoisotopic (exact) mass is 204 g/mol. The second-order valence-electron chi connectivity index (χ2n) is 4.03. The number of pyridine rings is 1. The van der Waals surface area contributed by atoms with Crippen molar-refractivity contribution >= 4 is 5.97 Å². The Hall–Kier alpha value is -1.89. The molecule has 0 aliphatic heterocycles. The zero-order chi connectivity index (χ0) is 11.5. The molecule has 0 saturated carbocycles. The lowest BCUT2D eigenvalue weighted by molar-refractivity contribution is -0.146. The number of aromatic nitrogens is 1. The van der Waals surface area contributed by atoms with E-state index in [0.717, 1.165) is 5.56 Å². The zero-order valence-corrected chi connectivity index (χ0v) is 8.69. The summed E-state index contributed by atoms with van der Waals surface area (Å²) < 4.78 is 0. The minimum atomic E-state index is -0.849. The first kappa shape index (κ1) is 11.2. The van der Waals surface area contributed by atoms with Crippen molar-refractivity contribution in [1.82, 2.24) is 4.98 Å². The quantitative estimate of drug-likeness (QED) is 0.811. The SMILES string of the molecule is CC(C)(Cc1ccnc(C#N)c1)C(=O)O. The van der Waals surface area contributed by atoms with Crippen molar-refractivity contribution in [3.63, 3.8) is 0 Å². The summed E-state index contributed by atoms with van der Waals surface area (Å²) in [5.74, 6) is -0.849. The van der Waals surface area contributed by atoms with Gasteiger partial charge in [-0.15, -0.1) is 0 Å². The van der Waals surface area contributed by atoms with E-state index in [0.29, 0.717) is 12.1 Å². The van der Waals surface area contributed by atoms with Crippen LogP contribution in [0.15, 0.2) is 18.3 Å². The predicted molar refractivity (Wildman–Crippen MR) is 54.1 cm³/mol. The molecule has 1 heterocycles. The number of hydrogen-bond donors (Lipinski definition) is 1. The molecule has 0 bridgehead atoms. The van der Waals surface area contributed by atoms with Crippen LogP contribution in [0, 0.1) is 16.7 Å². The number of carboxylic acid groups (broad SMARTS) is 1. The standard InChI is InChI=1S/C11H12N2O2/c1-11(2,10(14)15)6-8-3-4-13-9(5-8)7-12/h3-5H,6H2,1-2H3,(H,14,15). The minimum absolute atomic E-state index is 0.314. The third-order valence-corrected chi connectivity index (χ3v) is 2.16. The van der Waals surface area contributed by atoms with E-state index in [1.54, 1.807) is 26.0 Å². The molecule has 1 aromatic rings. The fourth-order valence-corrected chi connectivity index (χ4v) is 1.23. The summed E-state index contributed by atoms with van der Waals surface area (Å²) in [6, 6.07) is 5.27. The van der Waals surface area contributed by atoms with Crippen LogP contribution in [0.2, 0.25) is 0 Å². The number of carboxylic acids is 1. The topological polar surface area (TPSA) is 74.0 Å². The van der Waals surface area contributed by atoms with Gasteiger partial charge in [-0.1, -0.05) is 0 Å². The molecule has 0 atom stereocenters. The Bertz CT molecular complexity index is 419. The zero-order valence-electron chi connectivity index (χ0n) is 8.69. The highest BCUT2D eigenvalue weighted by molar-refractivity contribution is 5.74. The van der Waals surface area contributed by atoms with Gasteiger partial charge in [0.15, 0.2) is 0 Å². The van der Waals surface area contributed by atoms with E-state index in [1.807, 2.05) is 6.07 Å². The minimum Gasteiger partial charge on any atom is -0.481 e. The predicted octanol–water partition coefficient (Wildman–Crippen LogP) is 1.61. The summed E-state index contributed by atoms with van der Waals surface area (Å²) in [6.45, 7) is 3.31. The van der Waals surface area contributed by atoms with E-state index in [2.05, 4.69) is 4.98 Å². The molecule has 15 heavy (non-hydrogen) atoms. The van der Waals surface area contributed by atoms with Gasteiger partial charge < -0.3 is 5.11 Å². The van der Waals surface area contributed by atoms with Gasteiger partial charge in [-0.3, -0.25) is 4.79 Å². The molecule has 0 unspecified atom stereocenters. The number of nitrogens with zero attached hydrogens (tertiary/aromatic N) is 2. The maximum Gasteiger partial charge on any atom is 0.309 e. The Morgan fingerprint density at radius 2 is 2.33 bits per heavy atom. The van der Waals surface area contributed by atoms with E-state index >= 15 is 0 Å². The number of aliphatic carboxylic acids is 1. The van der Waals surface area contributed by atoms with Gasteiger partial charge in [-0.25, -0.2) is 4.98 Å². The maximum absolute atomic E-state index is 10.9. The molecule has 1 aromatic heterocycles. The van der Waals surface area contributed by atoms with Gasteiger partial charge in [-0.2, -0.15) is 5.26 Å². The van der Waals surface area contributed by atoms with Gasteiger partial charge in [0, 0.05) is 6.20 Å². The average molecular weight is 204 g/mol. The third-order valence-electron chi connectivity index (χ3n) is 2.16. The van der Waals surface area contributed by atoms with Crippen molar-refractivity contribution < 1.29 is 9.90 Å². The highest BCUT2D eigenvalue weighted by atomic mass is 16.4. The van der Waals surface area contributed by atoms with Crippen molar-refractivity contribution in [2.75, 3.05) is 0 Å².